The highest BCUT2D eigenvalue weighted by Crippen LogP contribution is 3.03. The molecule has 0 spiro atoms. The Morgan fingerprint density at radius 3 is 2.00 bits per heavy atom. The van der Waals surface area contributed by atoms with Gasteiger partial charge in [0.15, 0.2) is 0 Å². The van der Waals surface area contributed by atoms with Gasteiger partial charge in [-0.1, -0.05) is 0 Å². The summed E-state index contributed by atoms with van der Waals surface area (Å²) in [6.45, 7) is 1.53. The van der Waals surface area contributed by atoms with E-state index in [9.17, 15) is 4.79 Å². The smallest absolute Gasteiger partial charge is 0.303 e. The molecule has 0 aromatic rings. The average Bonchev–Trinajstić information content (AvgIpc) is 2.10. The average molecular weight is 177 g/mol. The molecule has 13 heavy (non-hydrogen) atoms. The van der Waals surface area contributed by atoms with Crippen LogP contribution in [0.2, 0.25) is 0 Å². The first-order chi connectivity index (χ1) is 6.15. The van der Waals surface area contributed by atoms with Crippen LogP contribution in [0.4, 0.5) is 0 Å². The number of hydrogen-bond acceptors (Lipinski definition) is 3. The van der Waals surface area contributed by atoms with E-state index in [-0.39, 0.29) is 17.1 Å². The predicted molar refractivity (Wildman–Crippen MR) is 42.4 cm³/mol. The van der Waals surface area contributed by atoms with Crippen molar-refractivity contribution in [3.63, 3.8) is 0 Å². The minimum Gasteiger partial charge on any atom is -0.458 e. The first-order valence-electron chi connectivity index (χ1n) is 5.13. The Morgan fingerprint density at radius 1 is 1.15 bits per heavy atom. The molecule has 6 aliphatic rings. The van der Waals surface area contributed by atoms with Crippen LogP contribution >= 0.6 is 0 Å². The first kappa shape index (κ1) is 6.02. The van der Waals surface area contributed by atoms with E-state index < -0.39 is 0 Å². The Morgan fingerprint density at radius 2 is 1.62 bits per heavy atom. The van der Waals surface area contributed by atoms with E-state index in [2.05, 4.69) is 0 Å². The molecule has 68 valence electrons. The van der Waals surface area contributed by atoms with Crippen LogP contribution in [0.5, 0.6) is 0 Å². The SMILES string of the molecule is CC(=O)OC12C3C4C1C1C2C3C41N. The lowest BCUT2D eigenvalue weighted by atomic mass is 8.97. The van der Waals surface area contributed by atoms with Gasteiger partial charge in [0.2, 0.25) is 0 Å². The van der Waals surface area contributed by atoms with E-state index >= 15 is 0 Å². The molecule has 6 aliphatic carbocycles. The lowest BCUT2D eigenvalue weighted by Gasteiger charge is -3.08. The van der Waals surface area contributed by atoms with Gasteiger partial charge in [0.05, 0.1) is 0 Å². The van der Waals surface area contributed by atoms with Crippen LogP contribution < -0.4 is 5.73 Å². The molecular weight excluding hydrogens is 166 g/mol. The summed E-state index contributed by atoms with van der Waals surface area (Å²) in [5.41, 5.74) is 6.50. The maximum absolute atomic E-state index is 11.0. The highest BCUT2D eigenvalue weighted by Gasteiger charge is 3.11. The Balaban J connectivity index is 1.59. The number of nitrogens with two attached hydrogens (primary N) is 1. The standard InChI is InChI=1S/C10H11NO2/c1-2(12)13-10-6-3-7(10)5-8(10)4(6)9(3,5)11/h3-8H,11H2,1H3. The molecule has 0 aliphatic heterocycles. The molecule has 3 heteroatoms. The van der Waals surface area contributed by atoms with Crippen LogP contribution in [0.1, 0.15) is 6.92 Å². The summed E-state index contributed by atoms with van der Waals surface area (Å²) in [7, 11) is 0. The van der Waals surface area contributed by atoms with Crippen molar-refractivity contribution in [3.8, 4) is 0 Å². The molecule has 0 aromatic carbocycles. The van der Waals surface area contributed by atoms with Crippen molar-refractivity contribution in [1.82, 2.24) is 0 Å². The molecule has 0 amide bonds. The molecule has 6 saturated carbocycles. The Hall–Kier alpha value is -0.570. The van der Waals surface area contributed by atoms with E-state index in [0.717, 1.165) is 17.8 Å². The summed E-state index contributed by atoms with van der Waals surface area (Å²) >= 11 is 0. The number of ether oxygens (including phenoxy) is 1. The van der Waals surface area contributed by atoms with E-state index in [0.29, 0.717) is 17.8 Å². The summed E-state index contributed by atoms with van der Waals surface area (Å²) in [5, 5.41) is 0. The summed E-state index contributed by atoms with van der Waals surface area (Å²) in [5.74, 6) is 4.18. The number of esters is 1. The minimum absolute atomic E-state index is 0.0347. The van der Waals surface area contributed by atoms with Crippen molar-refractivity contribution in [3.05, 3.63) is 0 Å². The van der Waals surface area contributed by atoms with Gasteiger partial charge in [0.1, 0.15) is 5.60 Å². The molecule has 6 fully saturated rings. The normalized spacial score (nSPS) is 82.0. The van der Waals surface area contributed by atoms with Crippen molar-refractivity contribution in [2.75, 3.05) is 0 Å². The predicted octanol–water partition coefficient (Wildman–Crippen LogP) is -0.249. The third-order valence-electron chi connectivity index (χ3n) is 5.94. The molecule has 0 unspecified atom stereocenters. The zero-order valence-corrected chi connectivity index (χ0v) is 7.36. The summed E-state index contributed by atoms with van der Waals surface area (Å²) in [4.78, 5) is 11.0. The molecule has 0 saturated heterocycles. The second-order valence-electron chi connectivity index (χ2n) is 5.60. The zero-order chi connectivity index (χ0) is 8.75. The van der Waals surface area contributed by atoms with Gasteiger partial charge >= 0.3 is 5.97 Å². The maximum atomic E-state index is 11.0. The number of hydrogen-bond donors (Lipinski definition) is 1. The van der Waals surface area contributed by atoms with Gasteiger partial charge in [-0.15, -0.1) is 0 Å². The maximum Gasteiger partial charge on any atom is 0.303 e. The molecule has 0 atom stereocenters. The quantitative estimate of drug-likeness (QED) is 0.562. The van der Waals surface area contributed by atoms with Gasteiger partial charge in [0.25, 0.3) is 0 Å². The fraction of sp³-hybridized carbons (Fsp3) is 0.900. The first-order valence-corrected chi connectivity index (χ1v) is 5.13. The van der Waals surface area contributed by atoms with Crippen LogP contribution in [0.15, 0.2) is 0 Å². The number of carbonyl (C=O) groups excluding carboxylic acids is 1. The van der Waals surface area contributed by atoms with Crippen LogP contribution in [-0.2, 0) is 9.53 Å². The second-order valence-corrected chi connectivity index (χ2v) is 5.60. The van der Waals surface area contributed by atoms with Crippen LogP contribution in [-0.4, -0.2) is 17.1 Å². The van der Waals surface area contributed by atoms with Crippen LogP contribution in [0.25, 0.3) is 0 Å². The van der Waals surface area contributed by atoms with Crippen molar-refractivity contribution < 1.29 is 9.53 Å². The third-order valence-corrected chi connectivity index (χ3v) is 5.94. The molecule has 0 radical (unpaired) electrons. The molecule has 3 nitrogen and oxygen atoms in total. The fourth-order valence-corrected chi connectivity index (χ4v) is 5.97. The van der Waals surface area contributed by atoms with Gasteiger partial charge < -0.3 is 10.5 Å². The zero-order valence-electron chi connectivity index (χ0n) is 7.36. The van der Waals surface area contributed by atoms with Crippen LogP contribution in [0.3, 0.4) is 0 Å². The molecule has 2 N–H and O–H groups in total. The summed E-state index contributed by atoms with van der Waals surface area (Å²) < 4.78 is 5.50. The van der Waals surface area contributed by atoms with Gasteiger partial charge in [0, 0.05) is 30.2 Å². The molecule has 6 rings (SSSR count). The van der Waals surface area contributed by atoms with E-state index in [4.69, 9.17) is 10.5 Å². The van der Waals surface area contributed by atoms with Gasteiger partial charge in [-0.3, -0.25) is 4.79 Å². The number of rotatable bonds is 1. The molecular formula is C10H11NO2. The van der Waals surface area contributed by atoms with Gasteiger partial charge in [-0.2, -0.15) is 0 Å². The van der Waals surface area contributed by atoms with Crippen molar-refractivity contribution in [2.45, 2.75) is 18.1 Å². The van der Waals surface area contributed by atoms with E-state index in [1.807, 2.05) is 0 Å². The van der Waals surface area contributed by atoms with E-state index in [1.165, 1.54) is 6.92 Å². The highest BCUT2D eigenvalue weighted by atomic mass is 16.6. The fourth-order valence-electron chi connectivity index (χ4n) is 5.97. The largest absolute Gasteiger partial charge is 0.458 e. The van der Waals surface area contributed by atoms with E-state index in [1.54, 1.807) is 0 Å². The lowest BCUT2D eigenvalue weighted by Crippen LogP contribution is -3.17. The highest BCUT2D eigenvalue weighted by molar-refractivity contribution is 5.71. The van der Waals surface area contributed by atoms with Crippen molar-refractivity contribution in [1.29, 1.82) is 0 Å². The summed E-state index contributed by atoms with van der Waals surface area (Å²) in [6, 6.07) is 0. The lowest BCUT2D eigenvalue weighted by molar-refractivity contribution is -0.623. The second kappa shape index (κ2) is 1.11. The Kier molecular flexibility index (Phi) is 0.515. The number of carbonyl (C=O) groups is 1. The Bertz CT molecular complexity index is 335. The van der Waals surface area contributed by atoms with Crippen molar-refractivity contribution >= 4 is 5.97 Å². The van der Waals surface area contributed by atoms with Gasteiger partial charge in [-0.05, 0) is 17.8 Å². The van der Waals surface area contributed by atoms with Crippen molar-refractivity contribution in [2.24, 2.45) is 41.2 Å². The monoisotopic (exact) mass is 177 g/mol. The Labute approximate surface area is 75.6 Å². The molecule has 0 heterocycles. The third kappa shape index (κ3) is 0.245. The summed E-state index contributed by atoms with van der Waals surface area (Å²) in [6.07, 6.45) is 0. The minimum atomic E-state index is -0.0956. The van der Waals surface area contributed by atoms with Crippen LogP contribution in [0, 0.1) is 35.5 Å². The molecule has 0 bridgehead atoms. The topological polar surface area (TPSA) is 52.3 Å². The molecule has 0 aromatic heterocycles. The van der Waals surface area contributed by atoms with Gasteiger partial charge in [-0.25, -0.2) is 0 Å².